The molecule has 0 saturated carbocycles. The third-order valence-electron chi connectivity index (χ3n) is 3.47. The summed E-state index contributed by atoms with van der Waals surface area (Å²) in [6.45, 7) is 2.23. The molecule has 0 amide bonds. The smallest absolute Gasteiger partial charge is 0.0406 e. The number of fused-ring (bicyclic) bond motifs is 1. The van der Waals surface area contributed by atoms with E-state index in [0.29, 0.717) is 5.92 Å². The van der Waals surface area contributed by atoms with Crippen LogP contribution in [0.3, 0.4) is 0 Å². The Labute approximate surface area is 101 Å². The van der Waals surface area contributed by atoms with Gasteiger partial charge in [0.2, 0.25) is 0 Å². The largest absolute Gasteiger partial charge is 0.0843 e. The molecule has 2 aliphatic rings. The third-order valence-corrected chi connectivity index (χ3v) is 3.72. The predicted octanol–water partition coefficient (Wildman–Crippen LogP) is 4.64. The van der Waals surface area contributed by atoms with Gasteiger partial charge >= 0.3 is 0 Å². The van der Waals surface area contributed by atoms with Crippen LogP contribution in [0.2, 0.25) is 5.02 Å². The van der Waals surface area contributed by atoms with Crippen molar-refractivity contribution in [2.45, 2.75) is 19.3 Å². The summed E-state index contributed by atoms with van der Waals surface area (Å²) < 4.78 is 0. The average Bonchev–Trinajstić information content (AvgIpc) is 2.84. The van der Waals surface area contributed by atoms with Gasteiger partial charge in [-0.15, -0.1) is 0 Å². The van der Waals surface area contributed by atoms with Crippen LogP contribution in [0.1, 0.15) is 24.8 Å². The highest BCUT2D eigenvalue weighted by Crippen LogP contribution is 2.45. The van der Waals surface area contributed by atoms with Gasteiger partial charge in [0.1, 0.15) is 0 Å². The Bertz CT molecular complexity index is 515. The van der Waals surface area contributed by atoms with Gasteiger partial charge in [0.05, 0.1) is 0 Å². The van der Waals surface area contributed by atoms with Crippen LogP contribution >= 0.6 is 11.6 Å². The minimum Gasteiger partial charge on any atom is -0.0843 e. The lowest BCUT2D eigenvalue weighted by atomic mass is 9.92. The Kier molecular flexibility index (Phi) is 2.26. The molecule has 1 atom stereocenters. The molecule has 0 radical (unpaired) electrons. The Hall–Kier alpha value is -1.27. The fourth-order valence-corrected chi connectivity index (χ4v) is 2.77. The minimum atomic E-state index is 0.530. The van der Waals surface area contributed by atoms with Gasteiger partial charge in [-0.1, -0.05) is 47.5 Å². The first kappa shape index (κ1) is 9.92. The topological polar surface area (TPSA) is 0 Å². The highest BCUT2D eigenvalue weighted by Gasteiger charge is 2.28. The maximum Gasteiger partial charge on any atom is 0.0406 e. The first-order valence-corrected chi connectivity index (χ1v) is 5.97. The molecule has 2 aliphatic carbocycles. The second kappa shape index (κ2) is 3.64. The van der Waals surface area contributed by atoms with Crippen molar-refractivity contribution in [1.29, 1.82) is 0 Å². The molecular weight excluding hydrogens is 216 g/mol. The lowest BCUT2D eigenvalue weighted by Crippen LogP contribution is -1.96. The van der Waals surface area contributed by atoms with Gasteiger partial charge < -0.3 is 0 Å². The number of benzene rings is 1. The van der Waals surface area contributed by atoms with E-state index in [1.165, 1.54) is 22.3 Å². The molecule has 0 saturated heterocycles. The molecule has 0 nitrogen and oxygen atoms in total. The Morgan fingerprint density at radius 1 is 1.19 bits per heavy atom. The van der Waals surface area contributed by atoms with Gasteiger partial charge in [0.15, 0.2) is 0 Å². The van der Waals surface area contributed by atoms with Gasteiger partial charge in [0, 0.05) is 10.9 Å². The second-order valence-electron chi connectivity index (χ2n) is 4.48. The molecule has 0 spiro atoms. The van der Waals surface area contributed by atoms with Gasteiger partial charge in [-0.3, -0.25) is 0 Å². The minimum absolute atomic E-state index is 0.530. The highest BCUT2D eigenvalue weighted by atomic mass is 35.5. The van der Waals surface area contributed by atoms with Gasteiger partial charge in [-0.25, -0.2) is 0 Å². The Balaban J connectivity index is 1.98. The normalized spacial score (nSPS) is 22.6. The van der Waals surface area contributed by atoms with Crippen molar-refractivity contribution in [3.05, 3.63) is 69.8 Å². The second-order valence-corrected chi connectivity index (χ2v) is 4.92. The van der Waals surface area contributed by atoms with E-state index in [0.717, 1.165) is 11.4 Å². The van der Waals surface area contributed by atoms with Crippen LogP contribution < -0.4 is 0 Å². The maximum atomic E-state index is 5.92. The molecule has 3 rings (SSSR count). The number of halogens is 1. The molecule has 0 aliphatic heterocycles. The Morgan fingerprint density at radius 3 is 2.69 bits per heavy atom. The first-order valence-electron chi connectivity index (χ1n) is 5.59. The van der Waals surface area contributed by atoms with Crippen LogP contribution in [0.15, 0.2) is 59.2 Å². The molecule has 0 aromatic heterocycles. The molecule has 0 heterocycles. The van der Waals surface area contributed by atoms with Gasteiger partial charge in [-0.05, 0) is 42.2 Å². The van der Waals surface area contributed by atoms with Crippen molar-refractivity contribution in [3.63, 3.8) is 0 Å². The van der Waals surface area contributed by atoms with Crippen LogP contribution in [-0.4, -0.2) is 0 Å². The average molecular weight is 229 g/mol. The van der Waals surface area contributed by atoms with E-state index >= 15 is 0 Å². The third kappa shape index (κ3) is 1.45. The van der Waals surface area contributed by atoms with E-state index in [9.17, 15) is 0 Å². The number of rotatable bonds is 1. The number of hydrogen-bond acceptors (Lipinski definition) is 0. The molecule has 1 unspecified atom stereocenters. The molecule has 80 valence electrons. The summed E-state index contributed by atoms with van der Waals surface area (Å²) in [6, 6.07) is 8.24. The van der Waals surface area contributed by atoms with Crippen molar-refractivity contribution >= 4 is 11.6 Å². The zero-order valence-corrected chi connectivity index (χ0v) is 9.96. The molecule has 1 aromatic rings. The zero-order chi connectivity index (χ0) is 11.1. The molecule has 16 heavy (non-hydrogen) atoms. The SMILES string of the molecule is CC1=C2C=CC=C2C(c2ccc(Cl)cc2)C1. The van der Waals surface area contributed by atoms with E-state index < -0.39 is 0 Å². The molecule has 0 fully saturated rings. The predicted molar refractivity (Wildman–Crippen MR) is 68.7 cm³/mol. The quantitative estimate of drug-likeness (QED) is 0.657. The van der Waals surface area contributed by atoms with Crippen molar-refractivity contribution in [2.24, 2.45) is 0 Å². The van der Waals surface area contributed by atoms with Gasteiger partial charge in [0.25, 0.3) is 0 Å². The number of allylic oxidation sites excluding steroid dienone is 6. The van der Waals surface area contributed by atoms with Crippen LogP contribution in [0.5, 0.6) is 0 Å². The van der Waals surface area contributed by atoms with Crippen LogP contribution in [0, 0.1) is 0 Å². The van der Waals surface area contributed by atoms with Crippen molar-refractivity contribution in [3.8, 4) is 0 Å². The Morgan fingerprint density at radius 2 is 1.94 bits per heavy atom. The van der Waals surface area contributed by atoms with E-state index in [1.807, 2.05) is 12.1 Å². The van der Waals surface area contributed by atoms with Crippen molar-refractivity contribution < 1.29 is 0 Å². The fourth-order valence-electron chi connectivity index (χ4n) is 2.65. The molecule has 0 bridgehead atoms. The van der Waals surface area contributed by atoms with Crippen molar-refractivity contribution in [2.75, 3.05) is 0 Å². The summed E-state index contributed by atoms with van der Waals surface area (Å²) >= 11 is 5.92. The standard InChI is InChI=1S/C15H13Cl/c1-10-9-15(14-4-2-3-13(10)14)11-5-7-12(16)8-6-11/h2-8,15H,9H2,1H3. The maximum absolute atomic E-state index is 5.92. The number of hydrogen-bond donors (Lipinski definition) is 0. The summed E-state index contributed by atoms with van der Waals surface area (Å²) in [5, 5.41) is 0.810. The van der Waals surface area contributed by atoms with E-state index in [4.69, 9.17) is 11.6 Å². The lowest BCUT2D eigenvalue weighted by molar-refractivity contribution is 0.838. The van der Waals surface area contributed by atoms with Crippen LogP contribution in [0.25, 0.3) is 0 Å². The highest BCUT2D eigenvalue weighted by molar-refractivity contribution is 6.30. The lowest BCUT2D eigenvalue weighted by Gasteiger charge is -2.12. The van der Waals surface area contributed by atoms with E-state index in [2.05, 4.69) is 37.3 Å². The van der Waals surface area contributed by atoms with E-state index in [-0.39, 0.29) is 0 Å². The van der Waals surface area contributed by atoms with Crippen LogP contribution in [-0.2, 0) is 0 Å². The zero-order valence-electron chi connectivity index (χ0n) is 9.20. The first-order chi connectivity index (χ1) is 7.75. The monoisotopic (exact) mass is 228 g/mol. The molecule has 0 N–H and O–H groups in total. The fraction of sp³-hybridized carbons (Fsp3) is 0.200. The van der Waals surface area contributed by atoms with Crippen molar-refractivity contribution in [1.82, 2.24) is 0 Å². The molecule has 1 heteroatoms. The summed E-state index contributed by atoms with van der Waals surface area (Å²) in [7, 11) is 0. The summed E-state index contributed by atoms with van der Waals surface area (Å²) in [6.07, 6.45) is 7.76. The summed E-state index contributed by atoms with van der Waals surface area (Å²) in [5.74, 6) is 0.530. The summed E-state index contributed by atoms with van der Waals surface area (Å²) in [4.78, 5) is 0. The van der Waals surface area contributed by atoms with Gasteiger partial charge in [-0.2, -0.15) is 0 Å². The van der Waals surface area contributed by atoms with Crippen LogP contribution in [0.4, 0.5) is 0 Å². The molecular formula is C15H13Cl. The molecule has 1 aromatic carbocycles. The summed E-state index contributed by atoms with van der Waals surface area (Å²) in [5.41, 5.74) is 5.79. The van der Waals surface area contributed by atoms with E-state index in [1.54, 1.807) is 0 Å².